The van der Waals surface area contributed by atoms with Gasteiger partial charge in [-0.15, -0.1) is 0 Å². The van der Waals surface area contributed by atoms with Crippen LogP contribution in [0.1, 0.15) is 41.0 Å². The third kappa shape index (κ3) is 13.6. The predicted octanol–water partition coefficient (Wildman–Crippen LogP) is 1.77. The highest BCUT2D eigenvalue weighted by Gasteiger charge is 2.19. The Labute approximate surface area is 116 Å². The van der Waals surface area contributed by atoms with Crippen LogP contribution in [0.3, 0.4) is 0 Å². The number of hydrogen-bond donors (Lipinski definition) is 1. The number of ether oxygens (including phenoxy) is 3. The maximum Gasteiger partial charge on any atom is 0.302 e. The summed E-state index contributed by atoms with van der Waals surface area (Å²) in [4.78, 5) is 10.7. The SMILES string of the molecule is CC(=O)OCC(C)(C)COCCOCCC(C)(C)O. The quantitative estimate of drug-likeness (QED) is 0.486. The fourth-order valence-corrected chi connectivity index (χ4v) is 1.23. The van der Waals surface area contributed by atoms with E-state index >= 15 is 0 Å². The third-order valence-electron chi connectivity index (χ3n) is 2.39. The number of carbonyl (C=O) groups is 1. The first-order valence-corrected chi connectivity index (χ1v) is 6.64. The van der Waals surface area contributed by atoms with Crippen molar-refractivity contribution in [2.75, 3.05) is 33.0 Å². The molecule has 0 rings (SSSR count). The summed E-state index contributed by atoms with van der Waals surface area (Å²) in [6.07, 6.45) is 0.602. The highest BCUT2D eigenvalue weighted by atomic mass is 16.5. The van der Waals surface area contributed by atoms with Gasteiger partial charge in [0.1, 0.15) is 0 Å². The van der Waals surface area contributed by atoms with Crippen molar-refractivity contribution < 1.29 is 24.1 Å². The average molecular weight is 276 g/mol. The van der Waals surface area contributed by atoms with Crippen LogP contribution in [-0.4, -0.2) is 49.7 Å². The third-order valence-corrected chi connectivity index (χ3v) is 2.39. The number of carbonyl (C=O) groups excluding carboxylic acids is 1. The molecule has 0 aliphatic heterocycles. The zero-order valence-electron chi connectivity index (χ0n) is 12.8. The molecule has 1 N–H and O–H groups in total. The van der Waals surface area contributed by atoms with E-state index in [1.165, 1.54) is 6.92 Å². The highest BCUT2D eigenvalue weighted by molar-refractivity contribution is 5.65. The Morgan fingerprint density at radius 2 is 1.58 bits per heavy atom. The van der Waals surface area contributed by atoms with Gasteiger partial charge in [-0.3, -0.25) is 4.79 Å². The lowest BCUT2D eigenvalue weighted by Crippen LogP contribution is -2.27. The van der Waals surface area contributed by atoms with Gasteiger partial charge in [-0.1, -0.05) is 13.8 Å². The minimum atomic E-state index is -0.688. The molecular weight excluding hydrogens is 248 g/mol. The van der Waals surface area contributed by atoms with Gasteiger partial charge in [0.05, 0.1) is 32.0 Å². The Balaban J connectivity index is 3.50. The van der Waals surface area contributed by atoms with Gasteiger partial charge in [-0.2, -0.15) is 0 Å². The molecule has 0 saturated carbocycles. The van der Waals surface area contributed by atoms with Crippen LogP contribution in [0.15, 0.2) is 0 Å². The molecule has 5 nitrogen and oxygen atoms in total. The number of aliphatic hydroxyl groups is 1. The summed E-state index contributed by atoms with van der Waals surface area (Å²) in [6, 6.07) is 0. The lowest BCUT2D eigenvalue weighted by Gasteiger charge is -2.23. The van der Waals surface area contributed by atoms with Gasteiger partial charge in [0, 0.05) is 18.9 Å². The van der Waals surface area contributed by atoms with Crippen LogP contribution in [0, 0.1) is 5.41 Å². The molecule has 0 unspecified atom stereocenters. The fourth-order valence-electron chi connectivity index (χ4n) is 1.23. The van der Waals surface area contributed by atoms with E-state index in [2.05, 4.69) is 0 Å². The van der Waals surface area contributed by atoms with Crippen LogP contribution in [0.5, 0.6) is 0 Å². The molecule has 19 heavy (non-hydrogen) atoms. The van der Waals surface area contributed by atoms with Crippen LogP contribution in [-0.2, 0) is 19.0 Å². The van der Waals surface area contributed by atoms with Crippen LogP contribution >= 0.6 is 0 Å². The Kier molecular flexibility index (Phi) is 8.22. The largest absolute Gasteiger partial charge is 0.465 e. The van der Waals surface area contributed by atoms with Crippen LogP contribution in [0.2, 0.25) is 0 Å². The van der Waals surface area contributed by atoms with Gasteiger partial charge in [-0.05, 0) is 20.3 Å². The Morgan fingerprint density at radius 1 is 1.00 bits per heavy atom. The maximum absolute atomic E-state index is 10.7. The second-order valence-electron chi connectivity index (χ2n) is 6.17. The molecule has 0 radical (unpaired) electrons. The summed E-state index contributed by atoms with van der Waals surface area (Å²) < 4.78 is 15.8. The van der Waals surface area contributed by atoms with Gasteiger partial charge in [0.25, 0.3) is 0 Å². The average Bonchev–Trinajstić information content (AvgIpc) is 2.24. The first-order chi connectivity index (χ1) is 8.62. The van der Waals surface area contributed by atoms with Gasteiger partial charge in [-0.25, -0.2) is 0 Å². The summed E-state index contributed by atoms with van der Waals surface area (Å²) >= 11 is 0. The zero-order valence-corrected chi connectivity index (χ0v) is 12.8. The first kappa shape index (κ1) is 18.4. The molecule has 0 spiro atoms. The molecule has 0 saturated heterocycles. The Morgan fingerprint density at radius 3 is 2.11 bits per heavy atom. The molecule has 0 atom stereocenters. The van der Waals surface area contributed by atoms with Crippen molar-refractivity contribution in [3.05, 3.63) is 0 Å². The van der Waals surface area contributed by atoms with Crippen molar-refractivity contribution in [3.8, 4) is 0 Å². The van der Waals surface area contributed by atoms with Crippen molar-refractivity contribution >= 4 is 5.97 Å². The minimum absolute atomic E-state index is 0.196. The first-order valence-electron chi connectivity index (χ1n) is 6.64. The van der Waals surface area contributed by atoms with Crippen LogP contribution in [0.4, 0.5) is 0 Å². The molecule has 0 fully saturated rings. The van der Waals surface area contributed by atoms with E-state index < -0.39 is 5.60 Å². The molecule has 0 aromatic heterocycles. The summed E-state index contributed by atoms with van der Waals surface area (Å²) in [6.45, 7) is 11.2. The number of rotatable bonds is 10. The second-order valence-corrected chi connectivity index (χ2v) is 6.17. The lowest BCUT2D eigenvalue weighted by atomic mass is 9.96. The molecule has 0 heterocycles. The van der Waals surface area contributed by atoms with Crippen molar-refractivity contribution in [3.63, 3.8) is 0 Å². The minimum Gasteiger partial charge on any atom is -0.465 e. The summed E-state index contributed by atoms with van der Waals surface area (Å²) in [5.41, 5.74) is -0.883. The molecule has 0 aliphatic carbocycles. The molecule has 0 aromatic carbocycles. The van der Waals surface area contributed by atoms with Gasteiger partial charge >= 0.3 is 5.97 Å². The summed E-state index contributed by atoms with van der Waals surface area (Å²) in [5.74, 6) is -0.275. The van der Waals surface area contributed by atoms with Gasteiger partial charge < -0.3 is 19.3 Å². The lowest BCUT2D eigenvalue weighted by molar-refractivity contribution is -0.145. The van der Waals surface area contributed by atoms with E-state index in [-0.39, 0.29) is 11.4 Å². The van der Waals surface area contributed by atoms with Crippen LogP contribution in [0.25, 0.3) is 0 Å². The molecule has 114 valence electrons. The van der Waals surface area contributed by atoms with Crippen molar-refractivity contribution in [2.24, 2.45) is 5.41 Å². The van der Waals surface area contributed by atoms with E-state index in [4.69, 9.17) is 14.2 Å². The van der Waals surface area contributed by atoms with Gasteiger partial charge in [0.15, 0.2) is 0 Å². The molecule has 0 aromatic rings. The molecular formula is C14H28O5. The van der Waals surface area contributed by atoms with E-state index in [9.17, 15) is 9.90 Å². The van der Waals surface area contributed by atoms with Crippen molar-refractivity contribution in [1.29, 1.82) is 0 Å². The second kappa shape index (κ2) is 8.51. The van der Waals surface area contributed by atoms with E-state index in [0.717, 1.165) is 0 Å². The topological polar surface area (TPSA) is 65.0 Å². The summed E-state index contributed by atoms with van der Waals surface area (Å²) in [7, 11) is 0. The maximum atomic E-state index is 10.7. The Bertz CT molecular complexity index is 255. The zero-order chi connectivity index (χ0) is 14.9. The normalized spacial score (nSPS) is 12.5. The highest BCUT2D eigenvalue weighted by Crippen LogP contribution is 2.15. The van der Waals surface area contributed by atoms with Crippen molar-refractivity contribution in [2.45, 2.75) is 46.6 Å². The van der Waals surface area contributed by atoms with E-state index in [0.29, 0.717) is 39.5 Å². The smallest absolute Gasteiger partial charge is 0.302 e. The fraction of sp³-hybridized carbons (Fsp3) is 0.929. The summed E-state index contributed by atoms with van der Waals surface area (Å²) in [5, 5.41) is 9.48. The monoisotopic (exact) mass is 276 g/mol. The Hall–Kier alpha value is -0.650. The molecule has 0 bridgehead atoms. The van der Waals surface area contributed by atoms with Crippen molar-refractivity contribution in [1.82, 2.24) is 0 Å². The molecule has 5 heteroatoms. The molecule has 0 aliphatic rings. The molecule has 0 amide bonds. The number of hydrogen-bond acceptors (Lipinski definition) is 5. The van der Waals surface area contributed by atoms with E-state index in [1.54, 1.807) is 13.8 Å². The number of esters is 1. The van der Waals surface area contributed by atoms with Gasteiger partial charge in [0.2, 0.25) is 0 Å². The predicted molar refractivity (Wildman–Crippen MR) is 73.0 cm³/mol. The van der Waals surface area contributed by atoms with E-state index in [1.807, 2.05) is 13.8 Å². The standard InChI is InChI=1S/C14H28O5/c1-12(15)19-11-13(2,3)10-18-9-8-17-7-6-14(4,5)16/h16H,6-11H2,1-5H3. The van der Waals surface area contributed by atoms with Crippen LogP contribution < -0.4 is 0 Å².